The smallest absolute Gasteiger partial charge is 0.233 e. The highest BCUT2D eigenvalue weighted by atomic mass is 16.5. The second-order valence-corrected chi connectivity index (χ2v) is 9.83. The van der Waals surface area contributed by atoms with E-state index in [2.05, 4.69) is 60.0 Å². The predicted octanol–water partition coefficient (Wildman–Crippen LogP) is 4.50. The summed E-state index contributed by atoms with van der Waals surface area (Å²) < 4.78 is 6.37. The molecule has 2 unspecified atom stereocenters. The van der Waals surface area contributed by atoms with Crippen molar-refractivity contribution < 1.29 is 9.53 Å². The van der Waals surface area contributed by atoms with Crippen LogP contribution in [0.2, 0.25) is 0 Å². The van der Waals surface area contributed by atoms with E-state index >= 15 is 0 Å². The van der Waals surface area contributed by atoms with Crippen LogP contribution in [0.1, 0.15) is 45.1 Å². The van der Waals surface area contributed by atoms with Crippen molar-refractivity contribution in [2.24, 2.45) is 5.92 Å². The van der Waals surface area contributed by atoms with Crippen LogP contribution in [0, 0.1) is 5.92 Å². The minimum atomic E-state index is -0.243. The Kier molecular flexibility index (Phi) is 5.51. The minimum absolute atomic E-state index is 0.243. The van der Waals surface area contributed by atoms with Crippen LogP contribution < -0.4 is 4.74 Å². The van der Waals surface area contributed by atoms with Crippen molar-refractivity contribution in [2.75, 3.05) is 19.6 Å². The summed E-state index contributed by atoms with van der Waals surface area (Å²) >= 11 is 0. The van der Waals surface area contributed by atoms with E-state index in [1.807, 2.05) is 24.3 Å². The standard InChI is InChI=1S/C27H34N2O2/c1-20(2)29-19-24(31-23-11-7-4-8-12-23)25(29)21-13-17-28(18-14-21)26(30)27(15-16-27)22-9-5-3-6-10-22/h3-12,20-21,24-25H,13-19H2,1-2H3. The van der Waals surface area contributed by atoms with Crippen LogP contribution in [-0.2, 0) is 10.2 Å². The van der Waals surface area contributed by atoms with Gasteiger partial charge in [-0.25, -0.2) is 0 Å². The van der Waals surface area contributed by atoms with Gasteiger partial charge in [-0.1, -0.05) is 48.5 Å². The SMILES string of the molecule is CC(C)N1CC(Oc2ccccc2)C1C1CCN(C(=O)C2(c3ccccc3)CC2)CC1. The van der Waals surface area contributed by atoms with E-state index < -0.39 is 0 Å². The van der Waals surface area contributed by atoms with E-state index in [-0.39, 0.29) is 11.5 Å². The lowest BCUT2D eigenvalue weighted by molar-refractivity contribution is -0.138. The molecule has 5 rings (SSSR count). The zero-order valence-electron chi connectivity index (χ0n) is 18.7. The molecule has 3 fully saturated rings. The minimum Gasteiger partial charge on any atom is -0.487 e. The molecule has 2 aliphatic heterocycles. The van der Waals surface area contributed by atoms with Crippen LogP contribution in [0.15, 0.2) is 60.7 Å². The number of carbonyl (C=O) groups is 1. The van der Waals surface area contributed by atoms with Gasteiger partial charge in [-0.05, 0) is 63.1 Å². The van der Waals surface area contributed by atoms with Gasteiger partial charge in [-0.3, -0.25) is 9.69 Å². The first-order valence-electron chi connectivity index (χ1n) is 11.9. The maximum absolute atomic E-state index is 13.4. The molecule has 0 aromatic heterocycles. The number of nitrogens with zero attached hydrogens (tertiary/aromatic N) is 2. The summed E-state index contributed by atoms with van der Waals surface area (Å²) in [5.74, 6) is 1.90. The third kappa shape index (κ3) is 3.87. The van der Waals surface area contributed by atoms with Crippen molar-refractivity contribution in [2.45, 2.75) is 63.1 Å². The second-order valence-electron chi connectivity index (χ2n) is 9.83. The van der Waals surface area contributed by atoms with Crippen molar-refractivity contribution in [3.8, 4) is 5.75 Å². The van der Waals surface area contributed by atoms with Crippen molar-refractivity contribution >= 4 is 5.91 Å². The Balaban J connectivity index is 1.23. The van der Waals surface area contributed by atoms with Crippen LogP contribution in [0.5, 0.6) is 5.75 Å². The Bertz CT molecular complexity index is 886. The molecule has 3 aliphatic rings. The van der Waals surface area contributed by atoms with Crippen LogP contribution in [-0.4, -0.2) is 53.5 Å². The monoisotopic (exact) mass is 418 g/mol. The normalized spacial score (nSPS) is 25.8. The van der Waals surface area contributed by atoms with E-state index in [9.17, 15) is 4.79 Å². The number of hydrogen-bond acceptors (Lipinski definition) is 3. The zero-order chi connectivity index (χ0) is 21.4. The van der Waals surface area contributed by atoms with Crippen LogP contribution in [0.3, 0.4) is 0 Å². The summed E-state index contributed by atoms with van der Waals surface area (Å²) in [6.07, 6.45) is 4.37. The van der Waals surface area contributed by atoms with Gasteiger partial charge in [0.15, 0.2) is 0 Å². The molecular weight excluding hydrogens is 384 g/mol. The van der Waals surface area contributed by atoms with Crippen molar-refractivity contribution in [3.05, 3.63) is 66.2 Å². The molecule has 2 atom stereocenters. The van der Waals surface area contributed by atoms with Gasteiger partial charge in [0, 0.05) is 25.7 Å². The average molecular weight is 419 g/mol. The topological polar surface area (TPSA) is 32.8 Å². The summed E-state index contributed by atoms with van der Waals surface area (Å²) in [6.45, 7) is 7.30. The summed E-state index contributed by atoms with van der Waals surface area (Å²) in [6, 6.07) is 21.6. The molecule has 2 saturated heterocycles. The lowest BCUT2D eigenvalue weighted by Crippen LogP contribution is -2.68. The predicted molar refractivity (Wildman–Crippen MR) is 123 cm³/mol. The quantitative estimate of drug-likeness (QED) is 0.693. The van der Waals surface area contributed by atoms with Crippen molar-refractivity contribution in [1.82, 2.24) is 9.80 Å². The molecular formula is C27H34N2O2. The molecule has 2 heterocycles. The van der Waals surface area contributed by atoms with Gasteiger partial charge in [-0.2, -0.15) is 0 Å². The summed E-state index contributed by atoms with van der Waals surface area (Å²) in [5.41, 5.74) is 0.955. The molecule has 1 amide bonds. The number of hydrogen-bond donors (Lipinski definition) is 0. The highest BCUT2D eigenvalue weighted by molar-refractivity contribution is 5.91. The Labute approximate surface area is 186 Å². The van der Waals surface area contributed by atoms with Crippen LogP contribution in [0.25, 0.3) is 0 Å². The molecule has 1 aliphatic carbocycles. The van der Waals surface area contributed by atoms with E-state index in [1.165, 1.54) is 5.56 Å². The first-order valence-corrected chi connectivity index (χ1v) is 11.9. The fraction of sp³-hybridized carbons (Fsp3) is 0.519. The molecule has 31 heavy (non-hydrogen) atoms. The lowest BCUT2D eigenvalue weighted by atomic mass is 9.79. The highest BCUT2D eigenvalue weighted by Gasteiger charge is 2.54. The van der Waals surface area contributed by atoms with Gasteiger partial charge in [-0.15, -0.1) is 0 Å². The third-order valence-corrected chi connectivity index (χ3v) is 7.64. The van der Waals surface area contributed by atoms with Gasteiger partial charge in [0.2, 0.25) is 5.91 Å². The van der Waals surface area contributed by atoms with Gasteiger partial charge < -0.3 is 9.64 Å². The van der Waals surface area contributed by atoms with Crippen LogP contribution >= 0.6 is 0 Å². The Hall–Kier alpha value is -2.33. The number of rotatable bonds is 6. The molecule has 2 aromatic carbocycles. The van der Waals surface area contributed by atoms with E-state index in [0.29, 0.717) is 23.9 Å². The molecule has 4 heteroatoms. The molecule has 1 saturated carbocycles. The summed E-state index contributed by atoms with van der Waals surface area (Å²) in [7, 11) is 0. The highest BCUT2D eigenvalue weighted by Crippen LogP contribution is 2.50. The zero-order valence-corrected chi connectivity index (χ0v) is 18.7. The number of ether oxygens (including phenoxy) is 1. The van der Waals surface area contributed by atoms with Crippen molar-refractivity contribution in [3.63, 3.8) is 0 Å². The number of likely N-dealkylation sites (tertiary alicyclic amines) is 2. The summed E-state index contributed by atoms with van der Waals surface area (Å²) in [5, 5.41) is 0. The Morgan fingerprint density at radius 3 is 2.16 bits per heavy atom. The number of amides is 1. The van der Waals surface area contributed by atoms with Gasteiger partial charge in [0.05, 0.1) is 11.5 Å². The van der Waals surface area contributed by atoms with Gasteiger partial charge >= 0.3 is 0 Å². The number of piperidine rings is 1. The third-order valence-electron chi connectivity index (χ3n) is 7.64. The second kappa shape index (κ2) is 8.31. The average Bonchev–Trinajstić information content (AvgIpc) is 3.60. The van der Waals surface area contributed by atoms with E-state index in [1.54, 1.807) is 0 Å². The molecule has 0 radical (unpaired) electrons. The number of carbonyl (C=O) groups excluding carboxylic acids is 1. The van der Waals surface area contributed by atoms with Crippen LogP contribution in [0.4, 0.5) is 0 Å². The molecule has 0 bridgehead atoms. The van der Waals surface area contributed by atoms with Crippen molar-refractivity contribution in [1.29, 1.82) is 0 Å². The van der Waals surface area contributed by atoms with Gasteiger partial charge in [0.1, 0.15) is 11.9 Å². The molecule has 0 spiro atoms. The molecule has 2 aromatic rings. The van der Waals surface area contributed by atoms with E-state index in [4.69, 9.17) is 4.74 Å². The summed E-state index contributed by atoms with van der Waals surface area (Å²) in [4.78, 5) is 18.1. The Morgan fingerprint density at radius 2 is 1.58 bits per heavy atom. The number of benzene rings is 2. The first-order chi connectivity index (χ1) is 15.1. The molecule has 164 valence electrons. The fourth-order valence-corrected chi connectivity index (χ4v) is 5.68. The maximum atomic E-state index is 13.4. The fourth-order valence-electron chi connectivity index (χ4n) is 5.68. The first kappa shape index (κ1) is 20.6. The molecule has 0 N–H and O–H groups in total. The lowest BCUT2D eigenvalue weighted by Gasteiger charge is -2.54. The number of para-hydroxylation sites is 1. The van der Waals surface area contributed by atoms with Gasteiger partial charge in [0.25, 0.3) is 0 Å². The Morgan fingerprint density at radius 1 is 0.968 bits per heavy atom. The van der Waals surface area contributed by atoms with E-state index in [0.717, 1.165) is 51.1 Å². The molecule has 4 nitrogen and oxygen atoms in total. The maximum Gasteiger partial charge on any atom is 0.233 e. The largest absolute Gasteiger partial charge is 0.487 e.